The third-order valence-corrected chi connectivity index (χ3v) is 3.32. The summed E-state index contributed by atoms with van der Waals surface area (Å²) < 4.78 is 5.09. The predicted octanol–water partition coefficient (Wildman–Crippen LogP) is 2.58. The zero-order chi connectivity index (χ0) is 16.8. The number of methoxy groups -OCH3 is 1. The summed E-state index contributed by atoms with van der Waals surface area (Å²) in [5.41, 5.74) is 2.04. The molecular formula is C18H20N2O3. The van der Waals surface area contributed by atoms with Crippen LogP contribution in [0.25, 0.3) is 0 Å². The number of amides is 2. The molecule has 5 heteroatoms. The van der Waals surface area contributed by atoms with Crippen LogP contribution in [0.1, 0.15) is 15.9 Å². The molecule has 0 saturated carbocycles. The van der Waals surface area contributed by atoms with Crippen molar-refractivity contribution in [3.63, 3.8) is 0 Å². The van der Waals surface area contributed by atoms with Gasteiger partial charge < -0.3 is 15.0 Å². The molecule has 0 aliphatic carbocycles. The number of benzene rings is 2. The number of anilines is 1. The minimum atomic E-state index is -0.135. The molecule has 0 aliphatic rings. The molecule has 1 N–H and O–H groups in total. The van der Waals surface area contributed by atoms with Crippen LogP contribution >= 0.6 is 0 Å². The number of hydrogen-bond donors (Lipinski definition) is 1. The van der Waals surface area contributed by atoms with Crippen LogP contribution in [0.3, 0.4) is 0 Å². The Morgan fingerprint density at radius 3 is 2.39 bits per heavy atom. The second kappa shape index (κ2) is 7.45. The Labute approximate surface area is 135 Å². The van der Waals surface area contributed by atoms with E-state index in [0.29, 0.717) is 11.3 Å². The number of ether oxygens (including phenoxy) is 1. The number of rotatable bonds is 5. The summed E-state index contributed by atoms with van der Waals surface area (Å²) in [4.78, 5) is 25.5. The third-order valence-electron chi connectivity index (χ3n) is 3.32. The van der Waals surface area contributed by atoms with Crippen LogP contribution in [0.2, 0.25) is 0 Å². The quantitative estimate of drug-likeness (QED) is 0.923. The molecule has 2 amide bonds. The second-order valence-electron chi connectivity index (χ2n) is 5.35. The first-order chi connectivity index (χ1) is 11.0. The van der Waals surface area contributed by atoms with Crippen molar-refractivity contribution < 1.29 is 14.3 Å². The zero-order valence-electron chi connectivity index (χ0n) is 13.5. The summed E-state index contributed by atoms with van der Waals surface area (Å²) in [5, 5.41) is 2.81. The number of nitrogens with zero attached hydrogens (tertiary/aromatic N) is 1. The molecule has 0 heterocycles. The Hall–Kier alpha value is -2.82. The fraction of sp³-hybridized carbons (Fsp3) is 0.222. The Kier molecular flexibility index (Phi) is 5.36. The topological polar surface area (TPSA) is 58.6 Å². The van der Waals surface area contributed by atoms with Gasteiger partial charge in [-0.2, -0.15) is 0 Å². The lowest BCUT2D eigenvalue weighted by Gasteiger charge is -2.12. The number of carbonyl (C=O) groups excluding carboxylic acids is 2. The molecule has 2 aromatic carbocycles. The van der Waals surface area contributed by atoms with Crippen LogP contribution in [0.15, 0.2) is 48.5 Å². The summed E-state index contributed by atoms with van der Waals surface area (Å²) in [6, 6.07) is 14.3. The molecular weight excluding hydrogens is 292 g/mol. The molecule has 0 spiro atoms. The molecule has 23 heavy (non-hydrogen) atoms. The van der Waals surface area contributed by atoms with E-state index in [0.717, 1.165) is 11.3 Å². The maximum atomic E-state index is 12.1. The summed E-state index contributed by atoms with van der Waals surface area (Å²) in [6.45, 7) is 0. The molecule has 0 saturated heterocycles. The van der Waals surface area contributed by atoms with Gasteiger partial charge in [0.1, 0.15) is 5.75 Å². The Bertz CT molecular complexity index is 694. The normalized spacial score (nSPS) is 10.0. The van der Waals surface area contributed by atoms with E-state index in [1.54, 1.807) is 45.5 Å². The van der Waals surface area contributed by atoms with Gasteiger partial charge in [-0.1, -0.05) is 18.2 Å². The maximum Gasteiger partial charge on any atom is 0.253 e. The molecule has 0 aromatic heterocycles. The molecule has 120 valence electrons. The fourth-order valence-electron chi connectivity index (χ4n) is 2.12. The molecule has 0 bridgehead atoms. The average molecular weight is 312 g/mol. The van der Waals surface area contributed by atoms with Crippen molar-refractivity contribution in [3.05, 3.63) is 59.7 Å². The Morgan fingerprint density at radius 1 is 1.09 bits per heavy atom. The first kappa shape index (κ1) is 16.5. The molecule has 2 rings (SSSR count). The standard InChI is InChI=1S/C18H20N2O3/c1-20(2)18(22)14-5-4-6-15(12-14)19-17(21)11-13-7-9-16(23-3)10-8-13/h4-10,12H,11H2,1-3H3,(H,19,21). The van der Waals surface area contributed by atoms with Crippen LogP contribution in [0.4, 0.5) is 5.69 Å². The van der Waals surface area contributed by atoms with E-state index in [1.807, 2.05) is 24.3 Å². The van der Waals surface area contributed by atoms with E-state index in [1.165, 1.54) is 4.90 Å². The summed E-state index contributed by atoms with van der Waals surface area (Å²) in [6.07, 6.45) is 0.260. The summed E-state index contributed by atoms with van der Waals surface area (Å²) >= 11 is 0. The van der Waals surface area contributed by atoms with Crippen LogP contribution in [0, 0.1) is 0 Å². The summed E-state index contributed by atoms with van der Waals surface area (Å²) in [7, 11) is 4.98. The van der Waals surface area contributed by atoms with E-state index < -0.39 is 0 Å². The van der Waals surface area contributed by atoms with Crippen molar-refractivity contribution in [3.8, 4) is 5.75 Å². The van der Waals surface area contributed by atoms with Gasteiger partial charge in [0, 0.05) is 25.3 Å². The van der Waals surface area contributed by atoms with E-state index in [-0.39, 0.29) is 18.2 Å². The number of nitrogens with one attached hydrogen (secondary N) is 1. The highest BCUT2D eigenvalue weighted by Crippen LogP contribution is 2.14. The van der Waals surface area contributed by atoms with Crippen LogP contribution in [-0.2, 0) is 11.2 Å². The number of carbonyl (C=O) groups is 2. The van der Waals surface area contributed by atoms with Crippen LogP contribution in [-0.4, -0.2) is 37.9 Å². The molecule has 5 nitrogen and oxygen atoms in total. The van der Waals surface area contributed by atoms with Gasteiger partial charge in [0.15, 0.2) is 0 Å². The number of hydrogen-bond acceptors (Lipinski definition) is 3. The van der Waals surface area contributed by atoms with E-state index in [9.17, 15) is 9.59 Å². The van der Waals surface area contributed by atoms with Gasteiger partial charge in [0.2, 0.25) is 5.91 Å². The molecule has 0 aliphatic heterocycles. The van der Waals surface area contributed by atoms with Crippen LogP contribution in [0.5, 0.6) is 5.75 Å². The largest absolute Gasteiger partial charge is 0.497 e. The van der Waals surface area contributed by atoms with Crippen molar-refractivity contribution in [2.75, 3.05) is 26.5 Å². The lowest BCUT2D eigenvalue weighted by atomic mass is 10.1. The SMILES string of the molecule is COc1ccc(CC(=O)Nc2cccc(C(=O)N(C)C)c2)cc1. The second-order valence-corrected chi connectivity index (χ2v) is 5.35. The van der Waals surface area contributed by atoms with Gasteiger partial charge in [-0.15, -0.1) is 0 Å². The van der Waals surface area contributed by atoms with Gasteiger partial charge in [-0.05, 0) is 35.9 Å². The highest BCUT2D eigenvalue weighted by molar-refractivity contribution is 5.97. The first-order valence-electron chi connectivity index (χ1n) is 7.24. The van der Waals surface area contributed by atoms with E-state index in [2.05, 4.69) is 5.32 Å². The van der Waals surface area contributed by atoms with Crippen molar-refractivity contribution in [2.45, 2.75) is 6.42 Å². The summed E-state index contributed by atoms with van der Waals surface area (Å²) in [5.74, 6) is 0.518. The zero-order valence-corrected chi connectivity index (χ0v) is 13.5. The monoisotopic (exact) mass is 312 g/mol. The van der Waals surface area contributed by atoms with Gasteiger partial charge in [0.25, 0.3) is 5.91 Å². The maximum absolute atomic E-state index is 12.1. The Morgan fingerprint density at radius 2 is 1.78 bits per heavy atom. The van der Waals surface area contributed by atoms with E-state index >= 15 is 0 Å². The van der Waals surface area contributed by atoms with Gasteiger partial charge in [0.05, 0.1) is 13.5 Å². The minimum absolute atomic E-state index is 0.101. The van der Waals surface area contributed by atoms with Crippen molar-refractivity contribution in [1.29, 1.82) is 0 Å². The predicted molar refractivity (Wildman–Crippen MR) is 89.8 cm³/mol. The van der Waals surface area contributed by atoms with Crippen molar-refractivity contribution >= 4 is 17.5 Å². The average Bonchev–Trinajstić information content (AvgIpc) is 2.55. The third kappa shape index (κ3) is 4.57. The smallest absolute Gasteiger partial charge is 0.253 e. The fourth-order valence-corrected chi connectivity index (χ4v) is 2.12. The Balaban J connectivity index is 2.02. The molecule has 2 aromatic rings. The van der Waals surface area contributed by atoms with E-state index in [4.69, 9.17) is 4.74 Å². The van der Waals surface area contributed by atoms with Crippen molar-refractivity contribution in [2.24, 2.45) is 0 Å². The van der Waals surface area contributed by atoms with Gasteiger partial charge in [-0.3, -0.25) is 9.59 Å². The molecule has 0 fully saturated rings. The lowest BCUT2D eigenvalue weighted by molar-refractivity contribution is -0.115. The van der Waals surface area contributed by atoms with Gasteiger partial charge >= 0.3 is 0 Å². The van der Waals surface area contributed by atoms with Crippen LogP contribution < -0.4 is 10.1 Å². The minimum Gasteiger partial charge on any atom is -0.497 e. The van der Waals surface area contributed by atoms with Crippen molar-refractivity contribution in [1.82, 2.24) is 4.90 Å². The first-order valence-corrected chi connectivity index (χ1v) is 7.24. The molecule has 0 atom stereocenters. The molecule has 0 unspecified atom stereocenters. The highest BCUT2D eigenvalue weighted by Gasteiger charge is 2.10. The highest BCUT2D eigenvalue weighted by atomic mass is 16.5. The van der Waals surface area contributed by atoms with Gasteiger partial charge in [-0.25, -0.2) is 0 Å². The lowest BCUT2D eigenvalue weighted by Crippen LogP contribution is -2.22. The molecule has 0 radical (unpaired) electrons.